The van der Waals surface area contributed by atoms with Crippen molar-refractivity contribution in [2.75, 3.05) is 31.1 Å². The van der Waals surface area contributed by atoms with Crippen LogP contribution in [0.1, 0.15) is 26.7 Å². The summed E-state index contributed by atoms with van der Waals surface area (Å²) in [6.45, 7) is 7.13. The summed E-state index contributed by atoms with van der Waals surface area (Å²) < 4.78 is 0. The Balaban J connectivity index is 1.64. The molecule has 0 spiro atoms. The van der Waals surface area contributed by atoms with Gasteiger partial charge in [-0.15, -0.1) is 10.2 Å². The molecule has 2 aromatic rings. The Morgan fingerprint density at radius 3 is 2.30 bits per heavy atom. The number of amides is 1. The fourth-order valence-corrected chi connectivity index (χ4v) is 3.89. The molecule has 1 aliphatic rings. The van der Waals surface area contributed by atoms with Crippen molar-refractivity contribution in [2.24, 2.45) is 5.92 Å². The van der Waals surface area contributed by atoms with Gasteiger partial charge in [0.05, 0.1) is 10.7 Å². The maximum Gasteiger partial charge on any atom is 0.225 e. The van der Waals surface area contributed by atoms with Crippen LogP contribution in [0.15, 0.2) is 30.3 Å². The summed E-state index contributed by atoms with van der Waals surface area (Å²) in [6, 6.07) is 9.19. The molecule has 27 heavy (non-hydrogen) atoms. The van der Waals surface area contributed by atoms with E-state index in [1.54, 1.807) is 12.1 Å². The van der Waals surface area contributed by atoms with Crippen molar-refractivity contribution in [3.8, 4) is 11.3 Å². The maximum atomic E-state index is 12.5. The second kappa shape index (κ2) is 8.89. The second-order valence-corrected chi connectivity index (χ2v) is 7.57. The molecule has 1 amide bonds. The number of piperazine rings is 1. The predicted octanol–water partition coefficient (Wildman–Crippen LogP) is 4.54. The molecule has 2 heterocycles. The Labute approximate surface area is 170 Å². The number of halogens is 2. The van der Waals surface area contributed by atoms with Gasteiger partial charge in [-0.3, -0.25) is 4.79 Å². The number of carbonyl (C=O) groups excluding carboxylic acids is 1. The Bertz CT molecular complexity index is 785. The van der Waals surface area contributed by atoms with Crippen LogP contribution in [0.2, 0.25) is 10.0 Å². The van der Waals surface area contributed by atoms with Gasteiger partial charge in [-0.05, 0) is 43.2 Å². The third-order valence-electron chi connectivity index (χ3n) is 5.11. The van der Waals surface area contributed by atoms with Gasteiger partial charge >= 0.3 is 0 Å². The maximum absolute atomic E-state index is 12.5. The molecule has 1 saturated heterocycles. The number of anilines is 1. The fraction of sp³-hybridized carbons (Fsp3) is 0.450. The highest BCUT2D eigenvalue weighted by Crippen LogP contribution is 2.29. The minimum Gasteiger partial charge on any atom is -0.352 e. The Hall–Kier alpha value is -1.85. The van der Waals surface area contributed by atoms with Crippen molar-refractivity contribution < 1.29 is 4.79 Å². The van der Waals surface area contributed by atoms with Crippen LogP contribution < -0.4 is 4.90 Å². The number of hydrogen-bond donors (Lipinski definition) is 0. The summed E-state index contributed by atoms with van der Waals surface area (Å²) in [5.74, 6) is 1.23. The van der Waals surface area contributed by atoms with Crippen LogP contribution >= 0.6 is 23.2 Å². The molecule has 0 saturated carbocycles. The van der Waals surface area contributed by atoms with E-state index < -0.39 is 0 Å². The highest BCUT2D eigenvalue weighted by atomic mass is 35.5. The Kier molecular flexibility index (Phi) is 6.55. The monoisotopic (exact) mass is 406 g/mol. The highest BCUT2D eigenvalue weighted by Gasteiger charge is 2.26. The lowest BCUT2D eigenvalue weighted by atomic mass is 10.0. The summed E-state index contributed by atoms with van der Waals surface area (Å²) in [6.07, 6.45) is 1.80. The van der Waals surface area contributed by atoms with E-state index in [1.807, 2.05) is 23.1 Å². The standard InChI is InChI=1S/C20H24Cl2N4O/c1-3-14(4-2)20(27)26-11-9-25(10-12-26)19-8-7-18(23-24-19)16-6-5-15(21)13-17(16)22/h5-8,13-14H,3-4,9-12H2,1-2H3. The highest BCUT2D eigenvalue weighted by molar-refractivity contribution is 6.36. The van der Waals surface area contributed by atoms with Crippen LogP contribution in [0.4, 0.5) is 5.82 Å². The topological polar surface area (TPSA) is 49.3 Å². The van der Waals surface area contributed by atoms with Crippen LogP contribution in [-0.4, -0.2) is 47.2 Å². The van der Waals surface area contributed by atoms with Crippen molar-refractivity contribution >= 4 is 34.9 Å². The number of nitrogens with zero attached hydrogens (tertiary/aromatic N) is 4. The normalized spacial score (nSPS) is 14.7. The Morgan fingerprint density at radius 1 is 1.04 bits per heavy atom. The van der Waals surface area contributed by atoms with Crippen LogP contribution in [0.5, 0.6) is 0 Å². The van der Waals surface area contributed by atoms with Crippen molar-refractivity contribution in [2.45, 2.75) is 26.7 Å². The van der Waals surface area contributed by atoms with Gasteiger partial charge in [-0.25, -0.2) is 0 Å². The molecule has 144 valence electrons. The summed E-state index contributed by atoms with van der Waals surface area (Å²) in [4.78, 5) is 16.7. The van der Waals surface area contributed by atoms with Crippen molar-refractivity contribution in [1.29, 1.82) is 0 Å². The summed E-state index contributed by atoms with van der Waals surface area (Å²) in [5, 5.41) is 9.83. The van der Waals surface area contributed by atoms with Gasteiger partial charge in [-0.2, -0.15) is 0 Å². The minimum absolute atomic E-state index is 0.139. The average Bonchev–Trinajstić information content (AvgIpc) is 2.69. The van der Waals surface area contributed by atoms with E-state index >= 15 is 0 Å². The molecule has 1 aromatic heterocycles. The van der Waals surface area contributed by atoms with Gasteiger partial charge in [0.2, 0.25) is 5.91 Å². The molecule has 5 nitrogen and oxygen atoms in total. The number of hydrogen-bond acceptors (Lipinski definition) is 4. The van der Waals surface area contributed by atoms with Crippen LogP contribution in [0.25, 0.3) is 11.3 Å². The zero-order valence-corrected chi connectivity index (χ0v) is 17.2. The van der Waals surface area contributed by atoms with E-state index in [2.05, 4.69) is 28.9 Å². The van der Waals surface area contributed by atoms with Crippen molar-refractivity contribution in [3.63, 3.8) is 0 Å². The first-order chi connectivity index (χ1) is 13.0. The number of aromatic nitrogens is 2. The summed E-state index contributed by atoms with van der Waals surface area (Å²) >= 11 is 12.2. The molecule has 1 aliphatic heterocycles. The average molecular weight is 407 g/mol. The number of benzene rings is 1. The van der Waals surface area contributed by atoms with Gasteiger partial charge in [0.15, 0.2) is 5.82 Å². The molecule has 0 N–H and O–H groups in total. The lowest BCUT2D eigenvalue weighted by Gasteiger charge is -2.36. The molecule has 0 aliphatic carbocycles. The SMILES string of the molecule is CCC(CC)C(=O)N1CCN(c2ccc(-c3ccc(Cl)cc3Cl)nn2)CC1. The zero-order chi connectivity index (χ0) is 19.4. The molecule has 1 fully saturated rings. The Morgan fingerprint density at radius 2 is 1.74 bits per heavy atom. The van der Waals surface area contributed by atoms with E-state index in [4.69, 9.17) is 23.2 Å². The number of rotatable bonds is 5. The number of carbonyl (C=O) groups is 1. The molecule has 1 aromatic carbocycles. The molecular formula is C20H24Cl2N4O. The molecule has 0 radical (unpaired) electrons. The van der Waals surface area contributed by atoms with Crippen LogP contribution in [0.3, 0.4) is 0 Å². The third kappa shape index (κ3) is 4.53. The van der Waals surface area contributed by atoms with Gasteiger partial charge in [0.25, 0.3) is 0 Å². The first kappa shape index (κ1) is 19.9. The van der Waals surface area contributed by atoms with E-state index in [0.29, 0.717) is 15.7 Å². The molecule has 0 unspecified atom stereocenters. The van der Waals surface area contributed by atoms with Gasteiger partial charge in [-0.1, -0.05) is 37.0 Å². The first-order valence-electron chi connectivity index (χ1n) is 9.36. The summed E-state index contributed by atoms with van der Waals surface area (Å²) in [7, 11) is 0. The van der Waals surface area contributed by atoms with E-state index in [-0.39, 0.29) is 11.8 Å². The van der Waals surface area contributed by atoms with E-state index in [9.17, 15) is 4.79 Å². The third-order valence-corrected chi connectivity index (χ3v) is 5.66. The van der Waals surface area contributed by atoms with Crippen molar-refractivity contribution in [1.82, 2.24) is 15.1 Å². The van der Waals surface area contributed by atoms with E-state index in [0.717, 1.165) is 50.4 Å². The minimum atomic E-state index is 0.139. The largest absolute Gasteiger partial charge is 0.352 e. The van der Waals surface area contributed by atoms with Gasteiger partial charge in [0.1, 0.15) is 0 Å². The smallest absolute Gasteiger partial charge is 0.225 e. The molecule has 7 heteroatoms. The molecule has 0 atom stereocenters. The fourth-order valence-electron chi connectivity index (χ4n) is 3.39. The lowest BCUT2D eigenvalue weighted by molar-refractivity contribution is -0.136. The zero-order valence-electron chi connectivity index (χ0n) is 15.7. The molecule has 0 bridgehead atoms. The van der Waals surface area contributed by atoms with Gasteiger partial charge in [0, 0.05) is 42.7 Å². The lowest BCUT2D eigenvalue weighted by Crippen LogP contribution is -2.50. The summed E-state index contributed by atoms with van der Waals surface area (Å²) in [5.41, 5.74) is 1.52. The van der Waals surface area contributed by atoms with Crippen molar-refractivity contribution in [3.05, 3.63) is 40.4 Å². The quantitative estimate of drug-likeness (QED) is 0.731. The molecule has 3 rings (SSSR count). The second-order valence-electron chi connectivity index (χ2n) is 6.73. The van der Waals surface area contributed by atoms with Crippen LogP contribution in [0, 0.1) is 5.92 Å². The molecular weight excluding hydrogens is 383 g/mol. The first-order valence-corrected chi connectivity index (χ1v) is 10.1. The van der Waals surface area contributed by atoms with Gasteiger partial charge < -0.3 is 9.80 Å². The van der Waals surface area contributed by atoms with E-state index in [1.165, 1.54) is 0 Å². The van der Waals surface area contributed by atoms with Crippen LogP contribution in [-0.2, 0) is 4.79 Å². The predicted molar refractivity (Wildman–Crippen MR) is 110 cm³/mol.